The fourth-order valence-electron chi connectivity index (χ4n) is 2.17. The van der Waals surface area contributed by atoms with Gasteiger partial charge < -0.3 is 10.2 Å². The Morgan fingerprint density at radius 2 is 2.10 bits per heavy atom. The van der Waals surface area contributed by atoms with Crippen molar-refractivity contribution in [2.24, 2.45) is 5.73 Å². The van der Waals surface area contributed by atoms with Crippen molar-refractivity contribution in [3.63, 3.8) is 0 Å². The molecule has 20 heavy (non-hydrogen) atoms. The van der Waals surface area contributed by atoms with Crippen LogP contribution in [0.1, 0.15) is 24.9 Å². The van der Waals surface area contributed by atoms with Crippen molar-refractivity contribution in [1.29, 1.82) is 0 Å². The monoisotopic (exact) mass is 298 g/mol. The number of hydrogen-bond acceptors (Lipinski definition) is 5. The minimum atomic E-state index is -3.16. The molecule has 7 heteroatoms. The van der Waals surface area contributed by atoms with Gasteiger partial charge in [-0.25, -0.2) is 13.2 Å². The number of nitrogens with two attached hydrogens (primary N) is 1. The van der Waals surface area contributed by atoms with E-state index in [-0.39, 0.29) is 5.75 Å². The highest BCUT2D eigenvalue weighted by Crippen LogP contribution is 2.20. The molecule has 0 spiro atoms. The topological polar surface area (TPSA) is 95.3 Å². The fourth-order valence-corrected chi connectivity index (χ4v) is 3.02. The van der Waals surface area contributed by atoms with Crippen LogP contribution in [0.25, 0.3) is 11.1 Å². The molecule has 0 saturated carbocycles. The van der Waals surface area contributed by atoms with E-state index >= 15 is 0 Å². The third kappa shape index (κ3) is 3.10. The van der Waals surface area contributed by atoms with E-state index in [9.17, 15) is 13.2 Å². The molecule has 0 amide bonds. The normalized spacial score (nSPS) is 13.8. The number of oxazole rings is 1. The maximum atomic E-state index is 11.7. The fraction of sp³-hybridized carbons (Fsp3) is 0.462. The van der Waals surface area contributed by atoms with Crippen molar-refractivity contribution < 1.29 is 12.8 Å². The van der Waals surface area contributed by atoms with Gasteiger partial charge in [0.15, 0.2) is 5.58 Å². The van der Waals surface area contributed by atoms with Crippen LogP contribution in [0.15, 0.2) is 27.4 Å². The van der Waals surface area contributed by atoms with Crippen LogP contribution < -0.4 is 11.5 Å². The van der Waals surface area contributed by atoms with Crippen LogP contribution in [0, 0.1) is 0 Å². The van der Waals surface area contributed by atoms with Gasteiger partial charge in [-0.3, -0.25) is 4.57 Å². The molecule has 2 N–H and O–H groups in total. The van der Waals surface area contributed by atoms with Gasteiger partial charge in [-0.1, -0.05) is 13.0 Å². The lowest BCUT2D eigenvalue weighted by Gasteiger charge is -2.10. The standard InChI is InChI=1S/C13H18N2O4S/c1-3-6-15-11-5-4-9(7-12(11)19-13(15)16)10(14)8-20(2,17)18/h4-5,7,10H,3,6,8,14H2,1-2H3. The predicted molar refractivity (Wildman–Crippen MR) is 77.4 cm³/mol. The zero-order chi connectivity index (χ0) is 14.9. The molecular formula is C13H18N2O4S. The number of fused-ring (bicyclic) bond motifs is 1. The lowest BCUT2D eigenvalue weighted by atomic mass is 10.1. The molecule has 0 fully saturated rings. The van der Waals surface area contributed by atoms with Crippen molar-refractivity contribution in [2.45, 2.75) is 25.9 Å². The first kappa shape index (κ1) is 14.8. The van der Waals surface area contributed by atoms with Crippen LogP contribution in [0.3, 0.4) is 0 Å². The molecular weight excluding hydrogens is 280 g/mol. The van der Waals surface area contributed by atoms with Crippen molar-refractivity contribution in [2.75, 3.05) is 12.0 Å². The van der Waals surface area contributed by atoms with Crippen LogP contribution in [-0.4, -0.2) is 25.0 Å². The Hall–Kier alpha value is -1.60. The Bertz CT molecular complexity index is 773. The molecule has 0 radical (unpaired) electrons. The number of benzene rings is 1. The van der Waals surface area contributed by atoms with Crippen molar-refractivity contribution in [3.8, 4) is 0 Å². The molecule has 0 bridgehead atoms. The largest absolute Gasteiger partial charge is 0.419 e. The zero-order valence-electron chi connectivity index (χ0n) is 11.5. The number of sulfone groups is 1. The van der Waals surface area contributed by atoms with E-state index in [1.807, 2.05) is 6.92 Å². The first-order valence-electron chi connectivity index (χ1n) is 6.38. The predicted octanol–water partition coefficient (Wildman–Crippen LogP) is 1.05. The van der Waals surface area contributed by atoms with Crippen molar-refractivity contribution in [3.05, 3.63) is 34.3 Å². The van der Waals surface area contributed by atoms with E-state index in [0.717, 1.165) is 12.7 Å². The smallest absolute Gasteiger partial charge is 0.408 e. The van der Waals surface area contributed by atoms with E-state index in [0.29, 0.717) is 23.2 Å². The molecule has 1 unspecified atom stereocenters. The van der Waals surface area contributed by atoms with Gasteiger partial charge in [-0.05, 0) is 24.1 Å². The third-order valence-electron chi connectivity index (χ3n) is 3.05. The van der Waals surface area contributed by atoms with Crippen molar-refractivity contribution >= 4 is 20.9 Å². The second-order valence-electron chi connectivity index (χ2n) is 4.95. The van der Waals surface area contributed by atoms with Crippen LogP contribution >= 0.6 is 0 Å². The van der Waals surface area contributed by atoms with Crippen LogP contribution in [0.2, 0.25) is 0 Å². The molecule has 0 aliphatic rings. The molecule has 2 rings (SSSR count). The van der Waals surface area contributed by atoms with E-state index in [1.165, 1.54) is 0 Å². The van der Waals surface area contributed by atoms with Crippen LogP contribution in [0.5, 0.6) is 0 Å². The summed E-state index contributed by atoms with van der Waals surface area (Å²) in [7, 11) is -3.16. The summed E-state index contributed by atoms with van der Waals surface area (Å²) in [6, 6.07) is 4.49. The number of aromatic nitrogens is 1. The summed E-state index contributed by atoms with van der Waals surface area (Å²) in [5, 5.41) is 0. The van der Waals surface area contributed by atoms with Gasteiger partial charge in [0.2, 0.25) is 0 Å². The molecule has 2 aromatic rings. The third-order valence-corrected chi connectivity index (χ3v) is 4.01. The summed E-state index contributed by atoms with van der Waals surface area (Å²) in [6.45, 7) is 2.56. The molecule has 1 heterocycles. The lowest BCUT2D eigenvalue weighted by Crippen LogP contribution is -2.20. The molecule has 1 atom stereocenters. The second-order valence-corrected chi connectivity index (χ2v) is 7.13. The Balaban J connectivity index is 2.42. The molecule has 0 aliphatic carbocycles. The van der Waals surface area contributed by atoms with Gasteiger partial charge in [0.25, 0.3) is 0 Å². The highest BCUT2D eigenvalue weighted by atomic mass is 32.2. The molecule has 110 valence electrons. The van der Waals surface area contributed by atoms with Gasteiger partial charge in [0, 0.05) is 18.8 Å². The average Bonchev–Trinajstić information content (AvgIpc) is 2.63. The Kier molecular flexibility index (Phi) is 4.01. The number of nitrogens with zero attached hydrogens (tertiary/aromatic N) is 1. The summed E-state index contributed by atoms with van der Waals surface area (Å²) < 4.78 is 29.3. The number of rotatable bonds is 5. The lowest BCUT2D eigenvalue weighted by molar-refractivity contribution is 0.502. The van der Waals surface area contributed by atoms with Crippen LogP contribution in [-0.2, 0) is 16.4 Å². The molecule has 6 nitrogen and oxygen atoms in total. The van der Waals surface area contributed by atoms with Gasteiger partial charge in [-0.15, -0.1) is 0 Å². The van der Waals surface area contributed by atoms with E-state index in [1.54, 1.807) is 22.8 Å². The highest BCUT2D eigenvalue weighted by Gasteiger charge is 2.16. The summed E-state index contributed by atoms with van der Waals surface area (Å²) in [5.74, 6) is -0.547. The molecule has 0 aliphatic heterocycles. The maximum absolute atomic E-state index is 11.7. The molecule has 0 saturated heterocycles. The maximum Gasteiger partial charge on any atom is 0.419 e. The molecule has 1 aromatic carbocycles. The number of aryl methyl sites for hydroxylation is 1. The Morgan fingerprint density at radius 1 is 1.40 bits per heavy atom. The van der Waals surface area contributed by atoms with Gasteiger partial charge in [0.1, 0.15) is 9.84 Å². The first-order valence-corrected chi connectivity index (χ1v) is 8.44. The summed E-state index contributed by atoms with van der Waals surface area (Å²) in [4.78, 5) is 11.7. The minimum Gasteiger partial charge on any atom is -0.408 e. The molecule has 1 aromatic heterocycles. The van der Waals surface area contributed by atoms with Crippen molar-refractivity contribution in [1.82, 2.24) is 4.57 Å². The van der Waals surface area contributed by atoms with Crippen LogP contribution in [0.4, 0.5) is 0 Å². The van der Waals surface area contributed by atoms with Gasteiger partial charge in [0.05, 0.1) is 11.3 Å². The SMILES string of the molecule is CCCn1c(=O)oc2cc(C(N)CS(C)(=O)=O)ccc21. The average molecular weight is 298 g/mol. The minimum absolute atomic E-state index is 0.140. The van der Waals surface area contributed by atoms with E-state index < -0.39 is 21.6 Å². The summed E-state index contributed by atoms with van der Waals surface area (Å²) >= 11 is 0. The zero-order valence-corrected chi connectivity index (χ0v) is 12.3. The van der Waals surface area contributed by atoms with E-state index in [4.69, 9.17) is 10.2 Å². The summed E-state index contributed by atoms with van der Waals surface area (Å²) in [6.07, 6.45) is 1.97. The quantitative estimate of drug-likeness (QED) is 0.890. The first-order chi connectivity index (χ1) is 9.31. The van der Waals surface area contributed by atoms with Gasteiger partial charge in [-0.2, -0.15) is 0 Å². The second kappa shape index (κ2) is 5.41. The Labute approximate surface area is 117 Å². The highest BCUT2D eigenvalue weighted by molar-refractivity contribution is 7.90. The van der Waals surface area contributed by atoms with Gasteiger partial charge >= 0.3 is 5.76 Å². The summed E-state index contributed by atoms with van der Waals surface area (Å²) in [5.41, 5.74) is 7.65. The number of hydrogen-bond donors (Lipinski definition) is 1. The van der Waals surface area contributed by atoms with E-state index in [2.05, 4.69) is 0 Å². The Morgan fingerprint density at radius 3 is 2.70 bits per heavy atom.